The normalized spacial score (nSPS) is 12.9. The molecule has 2 aromatic rings. The summed E-state index contributed by atoms with van der Waals surface area (Å²) in [7, 11) is 0.965. The third-order valence-corrected chi connectivity index (χ3v) is 5.21. The number of hydrogen-bond donors (Lipinski definition) is 2. The maximum atomic E-state index is 13.9. The van der Waals surface area contributed by atoms with Gasteiger partial charge in [0, 0.05) is 4.47 Å². The van der Waals surface area contributed by atoms with Gasteiger partial charge in [0.05, 0.1) is 25.1 Å². The highest BCUT2D eigenvalue weighted by Crippen LogP contribution is 2.38. The second kappa shape index (κ2) is 11.7. The number of alkyl halides is 6. The van der Waals surface area contributed by atoms with Crippen LogP contribution in [0.25, 0.3) is 6.08 Å². The van der Waals surface area contributed by atoms with Gasteiger partial charge in [0.2, 0.25) is 5.91 Å². The van der Waals surface area contributed by atoms with Crippen LogP contribution in [0.2, 0.25) is 0 Å². The molecule has 14 heteroatoms. The molecule has 1 unspecified atom stereocenters. The largest absolute Gasteiger partial charge is 0.491 e. The molecule has 0 bridgehead atoms. The molecule has 2 amide bonds. The second-order valence-electron chi connectivity index (χ2n) is 7.21. The summed E-state index contributed by atoms with van der Waals surface area (Å²) in [6.07, 6.45) is -7.82. The minimum atomic E-state index is -4.90. The first kappa shape index (κ1) is 29.1. The Morgan fingerprint density at radius 3 is 2.14 bits per heavy atom. The fourth-order valence-electron chi connectivity index (χ4n) is 2.91. The fourth-order valence-corrected chi connectivity index (χ4v) is 3.48. The van der Waals surface area contributed by atoms with Crippen LogP contribution in [0.1, 0.15) is 27.4 Å². The zero-order valence-electron chi connectivity index (χ0n) is 18.2. The SMILES string of the molecule is COc1c(F)cc(C(/C=C/c2ccc(C(=O)NCC(=O)NCC(F)(F)F)c(Br)c2)C(F)(F)F)cc1F. The van der Waals surface area contributed by atoms with E-state index in [-0.39, 0.29) is 15.6 Å². The number of carbonyl (C=O) groups is 2. The van der Waals surface area contributed by atoms with E-state index >= 15 is 0 Å². The van der Waals surface area contributed by atoms with Gasteiger partial charge in [-0.15, -0.1) is 0 Å². The van der Waals surface area contributed by atoms with Gasteiger partial charge in [-0.1, -0.05) is 18.2 Å². The quantitative estimate of drug-likeness (QED) is 0.400. The summed E-state index contributed by atoms with van der Waals surface area (Å²) in [5, 5.41) is 3.68. The Labute approximate surface area is 207 Å². The Kier molecular flexibility index (Phi) is 9.46. The van der Waals surface area contributed by atoms with Crippen LogP contribution in [-0.4, -0.2) is 44.4 Å². The molecule has 2 rings (SSSR count). The highest BCUT2D eigenvalue weighted by molar-refractivity contribution is 9.10. The van der Waals surface area contributed by atoms with Gasteiger partial charge < -0.3 is 15.4 Å². The maximum absolute atomic E-state index is 13.9. The number of methoxy groups -OCH3 is 1. The number of benzene rings is 2. The third-order valence-electron chi connectivity index (χ3n) is 4.55. The van der Waals surface area contributed by atoms with Crippen molar-refractivity contribution >= 4 is 33.8 Å². The summed E-state index contributed by atoms with van der Waals surface area (Å²) in [6, 6.07) is 4.74. The Balaban J connectivity index is 2.17. The molecule has 2 N–H and O–H groups in total. The van der Waals surface area contributed by atoms with Crippen molar-refractivity contribution in [2.45, 2.75) is 18.3 Å². The molecule has 0 aliphatic heterocycles. The molecule has 0 spiro atoms. The number of ether oxygens (including phenoxy) is 1. The van der Waals surface area contributed by atoms with Gasteiger partial charge >= 0.3 is 12.4 Å². The van der Waals surface area contributed by atoms with E-state index in [2.05, 4.69) is 26.0 Å². The molecular weight excluding hydrogens is 572 g/mol. The van der Waals surface area contributed by atoms with E-state index in [1.54, 1.807) is 5.32 Å². The maximum Gasteiger partial charge on any atom is 0.405 e. The number of nitrogens with one attached hydrogen (secondary N) is 2. The van der Waals surface area contributed by atoms with Crippen molar-refractivity contribution in [3.05, 3.63) is 69.2 Å². The summed E-state index contributed by atoms with van der Waals surface area (Å²) >= 11 is 3.06. The summed E-state index contributed by atoms with van der Waals surface area (Å²) in [4.78, 5) is 23.6. The fraction of sp³-hybridized carbons (Fsp3) is 0.273. The lowest BCUT2D eigenvalue weighted by Crippen LogP contribution is -2.40. The monoisotopic (exact) mass is 588 g/mol. The van der Waals surface area contributed by atoms with Crippen molar-refractivity contribution < 1.29 is 49.4 Å². The van der Waals surface area contributed by atoms with Gasteiger partial charge in [0.25, 0.3) is 5.91 Å². The van der Waals surface area contributed by atoms with Crippen LogP contribution >= 0.6 is 15.9 Å². The number of allylic oxidation sites excluding steroid dienone is 1. The van der Waals surface area contributed by atoms with Gasteiger partial charge in [-0.25, -0.2) is 8.78 Å². The van der Waals surface area contributed by atoms with Crippen LogP contribution in [-0.2, 0) is 4.79 Å². The zero-order valence-corrected chi connectivity index (χ0v) is 19.7. The highest BCUT2D eigenvalue weighted by Gasteiger charge is 2.39. The van der Waals surface area contributed by atoms with Crippen LogP contribution < -0.4 is 15.4 Å². The predicted molar refractivity (Wildman–Crippen MR) is 116 cm³/mol. The van der Waals surface area contributed by atoms with Gasteiger partial charge in [0.1, 0.15) is 6.54 Å². The minimum absolute atomic E-state index is 0.0533. The Morgan fingerprint density at radius 2 is 1.64 bits per heavy atom. The van der Waals surface area contributed by atoms with Crippen molar-refractivity contribution in [2.24, 2.45) is 0 Å². The molecule has 2 aromatic carbocycles. The van der Waals surface area contributed by atoms with E-state index in [9.17, 15) is 44.7 Å². The molecule has 0 aliphatic carbocycles. The topological polar surface area (TPSA) is 67.4 Å². The van der Waals surface area contributed by atoms with Crippen molar-refractivity contribution in [3.63, 3.8) is 0 Å². The van der Waals surface area contributed by atoms with Gasteiger partial charge in [-0.3, -0.25) is 9.59 Å². The van der Waals surface area contributed by atoms with Crippen LogP contribution in [0.4, 0.5) is 35.1 Å². The van der Waals surface area contributed by atoms with Crippen LogP contribution in [0.15, 0.2) is 40.9 Å². The number of halogens is 9. The predicted octanol–water partition coefficient (Wildman–Crippen LogP) is 5.50. The lowest BCUT2D eigenvalue weighted by Gasteiger charge is -2.18. The molecule has 0 aliphatic rings. The van der Waals surface area contributed by atoms with Crippen molar-refractivity contribution in [1.82, 2.24) is 10.6 Å². The van der Waals surface area contributed by atoms with Gasteiger partial charge in [-0.2, -0.15) is 26.3 Å². The lowest BCUT2D eigenvalue weighted by atomic mass is 9.96. The molecule has 0 heterocycles. The van der Waals surface area contributed by atoms with E-state index in [1.807, 2.05) is 0 Å². The molecule has 196 valence electrons. The van der Waals surface area contributed by atoms with E-state index in [0.29, 0.717) is 18.2 Å². The van der Waals surface area contributed by atoms with Gasteiger partial charge in [0.15, 0.2) is 17.4 Å². The van der Waals surface area contributed by atoms with Crippen LogP contribution in [0.5, 0.6) is 5.75 Å². The summed E-state index contributed by atoms with van der Waals surface area (Å²) in [5.41, 5.74) is -0.582. The first-order chi connectivity index (χ1) is 16.6. The average Bonchev–Trinajstić information content (AvgIpc) is 2.74. The summed E-state index contributed by atoms with van der Waals surface area (Å²) < 4.78 is 109. The van der Waals surface area contributed by atoms with Crippen LogP contribution in [0, 0.1) is 11.6 Å². The Hall–Kier alpha value is -3.16. The molecule has 0 aromatic heterocycles. The molecule has 0 radical (unpaired) electrons. The molecule has 0 saturated heterocycles. The highest BCUT2D eigenvalue weighted by atomic mass is 79.9. The molecule has 0 saturated carbocycles. The number of rotatable bonds is 8. The van der Waals surface area contributed by atoms with Gasteiger partial charge in [-0.05, 0) is 51.3 Å². The number of amides is 2. The van der Waals surface area contributed by atoms with E-state index < -0.39 is 66.1 Å². The molecule has 0 fully saturated rings. The Bertz CT molecular complexity index is 1130. The van der Waals surface area contributed by atoms with E-state index in [0.717, 1.165) is 13.2 Å². The standard InChI is InChI=1S/C22H17BrF8N2O3/c1-36-19-16(24)7-12(8-17(19)25)14(22(29,30)31)5-3-11-2-4-13(15(23)6-11)20(35)32-9-18(34)33-10-21(26,27)28/h2-8,14H,9-10H2,1H3,(H,32,35)(H,33,34)/b5-3+. The molecule has 36 heavy (non-hydrogen) atoms. The average molecular weight is 589 g/mol. The minimum Gasteiger partial charge on any atom is -0.491 e. The first-order valence-electron chi connectivity index (χ1n) is 9.81. The summed E-state index contributed by atoms with van der Waals surface area (Å²) in [6.45, 7) is -2.31. The zero-order chi connectivity index (χ0) is 27.3. The Morgan fingerprint density at radius 1 is 1.03 bits per heavy atom. The number of hydrogen-bond acceptors (Lipinski definition) is 3. The number of carbonyl (C=O) groups excluding carboxylic acids is 2. The lowest BCUT2D eigenvalue weighted by molar-refractivity contribution is -0.139. The van der Waals surface area contributed by atoms with Crippen molar-refractivity contribution in [3.8, 4) is 5.75 Å². The van der Waals surface area contributed by atoms with Crippen molar-refractivity contribution in [2.75, 3.05) is 20.2 Å². The second-order valence-corrected chi connectivity index (χ2v) is 8.06. The summed E-state index contributed by atoms with van der Waals surface area (Å²) in [5.74, 6) is -7.72. The molecule has 1 atom stereocenters. The molecule has 5 nitrogen and oxygen atoms in total. The molecular formula is C22H17BrF8N2O3. The van der Waals surface area contributed by atoms with E-state index in [1.165, 1.54) is 18.2 Å². The van der Waals surface area contributed by atoms with Crippen molar-refractivity contribution in [1.29, 1.82) is 0 Å². The third kappa shape index (κ3) is 8.21. The van der Waals surface area contributed by atoms with E-state index in [4.69, 9.17) is 0 Å². The van der Waals surface area contributed by atoms with Crippen LogP contribution in [0.3, 0.4) is 0 Å². The first-order valence-corrected chi connectivity index (χ1v) is 10.6. The smallest absolute Gasteiger partial charge is 0.405 e.